The number of methoxy groups -OCH3 is 1. The average Bonchev–Trinajstić information content (AvgIpc) is 2.88. The van der Waals surface area contributed by atoms with E-state index in [1.54, 1.807) is 0 Å². The van der Waals surface area contributed by atoms with E-state index in [1.807, 2.05) is 6.08 Å². The van der Waals surface area contributed by atoms with Gasteiger partial charge in [0.1, 0.15) is 5.78 Å². The van der Waals surface area contributed by atoms with Gasteiger partial charge in [0.2, 0.25) is 0 Å². The van der Waals surface area contributed by atoms with Gasteiger partial charge in [0.25, 0.3) is 0 Å². The Balaban J connectivity index is 2.62. The first-order chi connectivity index (χ1) is 13.0. The first-order valence-electron chi connectivity index (χ1n) is 10.9. The number of unbranched alkanes of at least 4 members (excludes halogenated alkanes) is 3. The number of esters is 1. The summed E-state index contributed by atoms with van der Waals surface area (Å²) in [5.74, 6) is 0.679. The molecular weight excluding hydrogens is 368 g/mol. The largest absolute Gasteiger partial charge is 0.469 e. The maximum atomic E-state index is 12.8. The zero-order valence-electron chi connectivity index (χ0n) is 19.0. The highest BCUT2D eigenvalue weighted by Crippen LogP contribution is 2.44. The Morgan fingerprint density at radius 1 is 1.18 bits per heavy atom. The van der Waals surface area contributed by atoms with E-state index in [9.17, 15) is 9.59 Å². The maximum absolute atomic E-state index is 12.8. The molecule has 1 rings (SSSR count). The van der Waals surface area contributed by atoms with Crippen LogP contribution in [0.15, 0.2) is 12.7 Å². The van der Waals surface area contributed by atoms with E-state index in [0.717, 1.165) is 44.9 Å². The summed E-state index contributed by atoms with van der Waals surface area (Å²) in [7, 11) is -0.465. The van der Waals surface area contributed by atoms with Crippen LogP contribution in [-0.2, 0) is 18.8 Å². The van der Waals surface area contributed by atoms with E-state index in [-0.39, 0.29) is 23.0 Å². The van der Waals surface area contributed by atoms with Gasteiger partial charge in [-0.05, 0) is 49.7 Å². The van der Waals surface area contributed by atoms with Gasteiger partial charge in [0.15, 0.2) is 8.32 Å². The summed E-state index contributed by atoms with van der Waals surface area (Å²) in [5.41, 5.74) is 0. The van der Waals surface area contributed by atoms with Gasteiger partial charge in [-0.25, -0.2) is 0 Å². The molecule has 1 fully saturated rings. The molecule has 0 aromatic carbocycles. The minimum Gasteiger partial charge on any atom is -0.469 e. The Morgan fingerprint density at radius 2 is 1.82 bits per heavy atom. The lowest BCUT2D eigenvalue weighted by Crippen LogP contribution is -2.45. The van der Waals surface area contributed by atoms with Crippen molar-refractivity contribution >= 4 is 20.1 Å². The van der Waals surface area contributed by atoms with Gasteiger partial charge in [-0.3, -0.25) is 9.59 Å². The summed E-state index contributed by atoms with van der Waals surface area (Å²) in [6.07, 6.45) is 9.92. The van der Waals surface area contributed by atoms with Crippen LogP contribution in [0.1, 0.15) is 78.6 Å². The molecule has 0 aromatic rings. The molecule has 1 unspecified atom stereocenters. The number of hydrogen-bond donors (Lipinski definition) is 0. The smallest absolute Gasteiger partial charge is 0.305 e. The van der Waals surface area contributed by atoms with Crippen LogP contribution < -0.4 is 0 Å². The Hall–Kier alpha value is -0.943. The molecule has 3 atom stereocenters. The predicted molar refractivity (Wildman–Crippen MR) is 118 cm³/mol. The number of carbonyl (C=O) groups excluding carboxylic acids is 2. The summed E-state index contributed by atoms with van der Waals surface area (Å²) in [6.45, 7) is 15.2. The second-order valence-corrected chi connectivity index (χ2v) is 14.5. The number of ether oxygens (including phenoxy) is 1. The monoisotopic (exact) mass is 410 g/mol. The highest BCUT2D eigenvalue weighted by molar-refractivity contribution is 6.74. The molecule has 1 aliphatic carbocycles. The highest BCUT2D eigenvalue weighted by atomic mass is 28.4. The van der Waals surface area contributed by atoms with E-state index >= 15 is 0 Å². The second kappa shape index (κ2) is 11.3. The Bertz CT molecular complexity index is 521. The first-order valence-corrected chi connectivity index (χ1v) is 13.8. The number of rotatable bonds is 12. The SMILES string of the molecule is C=CCC[C@H]1C(O[Si](C)(C)C(C)(C)C)CC(=O)[C@@H]1CCCCCCC(=O)OC. The first kappa shape index (κ1) is 25.1. The van der Waals surface area contributed by atoms with Crippen molar-refractivity contribution in [2.24, 2.45) is 11.8 Å². The highest BCUT2D eigenvalue weighted by Gasteiger charge is 2.47. The molecular formula is C23H42O4Si. The molecule has 0 spiro atoms. The molecule has 0 aliphatic heterocycles. The fourth-order valence-electron chi connectivity index (χ4n) is 3.84. The zero-order valence-corrected chi connectivity index (χ0v) is 20.0. The van der Waals surface area contributed by atoms with Crippen LogP contribution in [0.25, 0.3) is 0 Å². The quantitative estimate of drug-likeness (QED) is 0.170. The van der Waals surface area contributed by atoms with Crippen molar-refractivity contribution in [1.29, 1.82) is 0 Å². The fourth-order valence-corrected chi connectivity index (χ4v) is 5.21. The van der Waals surface area contributed by atoms with Crippen molar-refractivity contribution in [1.82, 2.24) is 0 Å². The molecule has 1 aliphatic rings. The van der Waals surface area contributed by atoms with Crippen LogP contribution in [-0.4, -0.2) is 33.3 Å². The predicted octanol–water partition coefficient (Wildman–Crippen LogP) is 6.06. The summed E-state index contributed by atoms with van der Waals surface area (Å²) in [4.78, 5) is 24.0. The third kappa shape index (κ3) is 7.47. The summed E-state index contributed by atoms with van der Waals surface area (Å²) in [5, 5.41) is 0.150. The van der Waals surface area contributed by atoms with Gasteiger partial charge >= 0.3 is 5.97 Å². The Kier molecular flexibility index (Phi) is 10.1. The van der Waals surface area contributed by atoms with E-state index in [0.29, 0.717) is 24.5 Å². The lowest BCUT2D eigenvalue weighted by atomic mass is 9.86. The molecule has 0 aromatic heterocycles. The number of carbonyl (C=O) groups is 2. The molecule has 0 heterocycles. The van der Waals surface area contributed by atoms with E-state index in [4.69, 9.17) is 4.43 Å². The number of allylic oxidation sites excluding steroid dienone is 1. The van der Waals surface area contributed by atoms with Crippen LogP contribution in [0, 0.1) is 11.8 Å². The molecule has 1 saturated carbocycles. The van der Waals surface area contributed by atoms with E-state index < -0.39 is 8.32 Å². The van der Waals surface area contributed by atoms with E-state index in [2.05, 4.69) is 45.2 Å². The van der Waals surface area contributed by atoms with Crippen molar-refractivity contribution in [3.63, 3.8) is 0 Å². The van der Waals surface area contributed by atoms with Crippen molar-refractivity contribution in [3.05, 3.63) is 12.7 Å². The maximum Gasteiger partial charge on any atom is 0.305 e. The van der Waals surface area contributed by atoms with Gasteiger partial charge < -0.3 is 9.16 Å². The average molecular weight is 411 g/mol. The van der Waals surface area contributed by atoms with Crippen molar-refractivity contribution in [3.8, 4) is 0 Å². The van der Waals surface area contributed by atoms with Gasteiger partial charge in [-0.1, -0.05) is 46.1 Å². The summed E-state index contributed by atoms with van der Waals surface area (Å²) in [6, 6.07) is 0. The summed E-state index contributed by atoms with van der Waals surface area (Å²) < 4.78 is 11.4. The Labute approximate surface area is 173 Å². The van der Waals surface area contributed by atoms with Crippen LogP contribution in [0.4, 0.5) is 0 Å². The molecule has 0 amide bonds. The molecule has 4 nitrogen and oxygen atoms in total. The molecule has 162 valence electrons. The van der Waals surface area contributed by atoms with Crippen molar-refractivity contribution in [2.45, 2.75) is 103 Å². The number of Topliss-reactive ketones (excluding diaryl/α,β-unsaturated/α-hetero) is 1. The molecule has 0 N–H and O–H groups in total. The standard InChI is InChI=1S/C23H42O4Si/c1-8-9-14-19-18(15-12-10-11-13-16-22(25)26-5)20(24)17-21(19)27-28(6,7)23(2,3)4/h8,18-19,21H,1,9-17H2,2-7H3/t18-,19-,21?/m1/s1. The third-order valence-corrected chi connectivity index (χ3v) is 11.1. The summed E-state index contributed by atoms with van der Waals surface area (Å²) >= 11 is 0. The number of hydrogen-bond acceptors (Lipinski definition) is 4. The third-order valence-electron chi connectivity index (χ3n) is 6.64. The van der Waals surface area contributed by atoms with Crippen LogP contribution in [0.3, 0.4) is 0 Å². The molecule has 28 heavy (non-hydrogen) atoms. The van der Waals surface area contributed by atoms with Crippen molar-refractivity contribution < 1.29 is 18.8 Å². The fraction of sp³-hybridized carbons (Fsp3) is 0.826. The molecule has 0 bridgehead atoms. The van der Waals surface area contributed by atoms with Gasteiger partial charge in [0.05, 0.1) is 13.2 Å². The van der Waals surface area contributed by atoms with Gasteiger partial charge in [-0.2, -0.15) is 0 Å². The molecule has 5 heteroatoms. The van der Waals surface area contributed by atoms with E-state index in [1.165, 1.54) is 7.11 Å². The molecule has 0 radical (unpaired) electrons. The Morgan fingerprint density at radius 3 is 2.39 bits per heavy atom. The van der Waals surface area contributed by atoms with Crippen LogP contribution in [0.2, 0.25) is 18.1 Å². The lowest BCUT2D eigenvalue weighted by Gasteiger charge is -2.40. The lowest BCUT2D eigenvalue weighted by molar-refractivity contribution is -0.140. The second-order valence-electron chi connectivity index (χ2n) is 9.75. The minimum atomic E-state index is -1.90. The zero-order chi connectivity index (χ0) is 21.4. The van der Waals surface area contributed by atoms with Crippen LogP contribution in [0.5, 0.6) is 0 Å². The molecule has 0 saturated heterocycles. The normalized spacial score (nSPS) is 23.1. The minimum absolute atomic E-state index is 0.0673. The number of ketones is 1. The van der Waals surface area contributed by atoms with Gasteiger partial charge in [0, 0.05) is 18.8 Å². The van der Waals surface area contributed by atoms with Crippen molar-refractivity contribution in [2.75, 3.05) is 7.11 Å². The van der Waals surface area contributed by atoms with Crippen LogP contribution >= 0.6 is 0 Å². The topological polar surface area (TPSA) is 52.6 Å². The van der Waals surface area contributed by atoms with Gasteiger partial charge in [-0.15, -0.1) is 6.58 Å².